The van der Waals surface area contributed by atoms with E-state index < -0.39 is 11.0 Å². The first kappa shape index (κ1) is 16.0. The Balaban J connectivity index is 1.99. The molecule has 122 valence electrons. The predicted molar refractivity (Wildman–Crippen MR) is 93.1 cm³/mol. The lowest BCUT2D eigenvalue weighted by Gasteiger charge is -2.49. The second kappa shape index (κ2) is 6.34. The van der Waals surface area contributed by atoms with Gasteiger partial charge in [0.15, 0.2) is 0 Å². The van der Waals surface area contributed by atoms with E-state index in [9.17, 15) is 9.11 Å². The van der Waals surface area contributed by atoms with E-state index in [-0.39, 0.29) is 0 Å². The number of benzene rings is 1. The smallest absolute Gasteiger partial charge is 0.148 e. The third kappa shape index (κ3) is 3.12. The average Bonchev–Trinajstić information content (AvgIpc) is 2.55. The summed E-state index contributed by atoms with van der Waals surface area (Å²) in [6, 6.07) is 9.41. The number of nitrogens with one attached hydrogen (secondary N) is 1. The van der Waals surface area contributed by atoms with E-state index in [0.29, 0.717) is 24.7 Å². The van der Waals surface area contributed by atoms with Gasteiger partial charge in [0.05, 0.1) is 5.69 Å². The maximum atomic E-state index is 10.3. The van der Waals surface area contributed by atoms with E-state index in [2.05, 4.69) is 22.7 Å². The van der Waals surface area contributed by atoms with Crippen molar-refractivity contribution in [2.45, 2.75) is 19.8 Å². The number of hydrogen-bond donors (Lipinski definition) is 3. The summed E-state index contributed by atoms with van der Waals surface area (Å²) < 4.78 is 25.2. The van der Waals surface area contributed by atoms with Crippen LogP contribution in [0.5, 0.6) is 0 Å². The first-order chi connectivity index (χ1) is 11.0. The van der Waals surface area contributed by atoms with Gasteiger partial charge in [-0.15, -0.1) is 0 Å². The number of aromatic nitrogens is 1. The summed E-state index contributed by atoms with van der Waals surface area (Å²) in [5.74, 6) is 0.378. The van der Waals surface area contributed by atoms with E-state index in [1.165, 1.54) is 0 Å². The summed E-state index contributed by atoms with van der Waals surface area (Å²) in [6.07, 6.45) is 3.69. The minimum absolute atomic E-state index is 0.376. The largest absolute Gasteiger partial charge is 0.269 e. The number of nitrogens with zero attached hydrogens (tertiary/aromatic N) is 3. The molecule has 1 saturated heterocycles. The minimum atomic E-state index is -3.01. The predicted octanol–water partition coefficient (Wildman–Crippen LogP) is 3.51. The van der Waals surface area contributed by atoms with Crippen LogP contribution in [0.4, 0.5) is 5.69 Å². The molecule has 0 spiro atoms. The van der Waals surface area contributed by atoms with Gasteiger partial charge in [-0.3, -0.25) is 13.4 Å². The fourth-order valence-electron chi connectivity index (χ4n) is 2.97. The molecule has 1 unspecified atom stereocenters. The lowest BCUT2D eigenvalue weighted by Crippen LogP contribution is -2.48. The molecule has 0 amide bonds. The Morgan fingerprint density at radius 1 is 1.43 bits per heavy atom. The van der Waals surface area contributed by atoms with Crippen LogP contribution in [0.2, 0.25) is 0 Å². The zero-order chi connectivity index (χ0) is 16.4. The Labute approximate surface area is 137 Å². The van der Waals surface area contributed by atoms with Gasteiger partial charge in [0, 0.05) is 24.7 Å². The number of nitriles is 1. The Kier molecular flexibility index (Phi) is 4.41. The normalized spacial score (nSPS) is 21.8. The molecule has 6 nitrogen and oxygen atoms in total. The van der Waals surface area contributed by atoms with Crippen molar-refractivity contribution in [1.82, 2.24) is 9.71 Å². The molecule has 3 rings (SSSR count). The molecular formula is C16H20N4O2S. The van der Waals surface area contributed by atoms with Gasteiger partial charge in [-0.05, 0) is 42.0 Å². The summed E-state index contributed by atoms with van der Waals surface area (Å²) in [4.78, 5) is 4.05. The summed E-state index contributed by atoms with van der Waals surface area (Å²) >= 11 is 0. The molecule has 1 aliphatic rings. The number of rotatable bonds is 3. The van der Waals surface area contributed by atoms with Crippen molar-refractivity contribution >= 4 is 27.4 Å². The van der Waals surface area contributed by atoms with Gasteiger partial charge >= 0.3 is 0 Å². The van der Waals surface area contributed by atoms with Gasteiger partial charge < -0.3 is 0 Å². The molecule has 0 radical (unpaired) electrons. The third-order valence-electron chi connectivity index (χ3n) is 4.14. The van der Waals surface area contributed by atoms with E-state index in [0.717, 1.165) is 29.3 Å². The van der Waals surface area contributed by atoms with Gasteiger partial charge in [-0.2, -0.15) is 5.26 Å². The fourth-order valence-corrected chi connectivity index (χ4v) is 4.42. The quantitative estimate of drug-likeness (QED) is 0.796. The lowest BCUT2D eigenvalue weighted by molar-refractivity contribution is 0.399. The highest BCUT2D eigenvalue weighted by Gasteiger charge is 2.31. The summed E-state index contributed by atoms with van der Waals surface area (Å²) in [6.45, 7) is 3.34. The molecular weight excluding hydrogens is 312 g/mol. The van der Waals surface area contributed by atoms with Gasteiger partial charge in [0.2, 0.25) is 0 Å². The van der Waals surface area contributed by atoms with Crippen LogP contribution in [0.15, 0.2) is 30.5 Å². The molecule has 1 atom stereocenters. The molecule has 1 aromatic heterocycles. The maximum absolute atomic E-state index is 10.3. The average molecular weight is 332 g/mol. The zero-order valence-electron chi connectivity index (χ0n) is 12.9. The molecule has 0 bridgehead atoms. The lowest BCUT2D eigenvalue weighted by atomic mass is 10.0. The monoisotopic (exact) mass is 332 g/mol. The first-order valence-electron chi connectivity index (χ1n) is 7.64. The maximum Gasteiger partial charge on any atom is 0.148 e. The van der Waals surface area contributed by atoms with Crippen molar-refractivity contribution in [2.75, 3.05) is 17.4 Å². The van der Waals surface area contributed by atoms with Crippen molar-refractivity contribution in [3.8, 4) is 6.07 Å². The van der Waals surface area contributed by atoms with Crippen molar-refractivity contribution < 1.29 is 9.11 Å². The molecule has 1 fully saturated rings. The highest BCUT2D eigenvalue weighted by atomic mass is 32.3. The minimum Gasteiger partial charge on any atom is -0.269 e. The highest BCUT2D eigenvalue weighted by Crippen LogP contribution is 2.46. The van der Waals surface area contributed by atoms with Gasteiger partial charge in [-0.1, -0.05) is 24.3 Å². The number of anilines is 1. The van der Waals surface area contributed by atoms with Crippen LogP contribution >= 0.6 is 11.0 Å². The second-order valence-corrected chi connectivity index (χ2v) is 7.53. The Morgan fingerprint density at radius 3 is 3.00 bits per heavy atom. The van der Waals surface area contributed by atoms with Gasteiger partial charge in [0.1, 0.15) is 11.8 Å². The number of hydrogen-bond acceptors (Lipinski definition) is 6. The highest BCUT2D eigenvalue weighted by molar-refractivity contribution is 8.23. The molecule has 3 N–H and O–H groups in total. The summed E-state index contributed by atoms with van der Waals surface area (Å²) in [5.41, 5.74) is 1.11. The molecule has 1 aromatic carbocycles. The van der Waals surface area contributed by atoms with Gasteiger partial charge in [0.25, 0.3) is 0 Å². The molecule has 1 aliphatic heterocycles. The summed E-state index contributed by atoms with van der Waals surface area (Å²) in [7, 11) is -3.01. The van der Waals surface area contributed by atoms with Crippen LogP contribution in [-0.2, 0) is 0 Å². The molecule has 7 heteroatoms. The SMILES string of the molecule is CCCC1CNS(O)(O)N(c2ccc3c(C#N)nccc3c2)C1. The Bertz CT molecular complexity index is 759. The fraction of sp³-hybridized carbons (Fsp3) is 0.375. The van der Waals surface area contributed by atoms with E-state index in [4.69, 9.17) is 5.26 Å². The van der Waals surface area contributed by atoms with Crippen molar-refractivity contribution in [2.24, 2.45) is 5.92 Å². The topological polar surface area (TPSA) is 92.4 Å². The van der Waals surface area contributed by atoms with E-state index in [1.807, 2.05) is 24.3 Å². The molecule has 0 aliphatic carbocycles. The molecule has 2 heterocycles. The summed E-state index contributed by atoms with van der Waals surface area (Å²) in [5, 5.41) is 10.8. The van der Waals surface area contributed by atoms with E-state index >= 15 is 0 Å². The van der Waals surface area contributed by atoms with Crippen LogP contribution < -0.4 is 9.03 Å². The van der Waals surface area contributed by atoms with Crippen molar-refractivity contribution in [3.63, 3.8) is 0 Å². The molecule has 2 aromatic rings. The number of fused-ring (bicyclic) bond motifs is 1. The standard InChI is InChI=1S/C16H20N4O2S/c1-2-3-12-10-19-23(21,22)20(11-12)14-4-5-15-13(8-14)6-7-18-16(15)9-17/h4-8,12,19,21-22H,2-3,10-11H2,1H3. The van der Waals surface area contributed by atoms with Crippen LogP contribution in [0.25, 0.3) is 10.8 Å². The molecule has 23 heavy (non-hydrogen) atoms. The van der Waals surface area contributed by atoms with Crippen LogP contribution in [0.1, 0.15) is 25.5 Å². The van der Waals surface area contributed by atoms with Crippen LogP contribution in [-0.4, -0.2) is 27.2 Å². The third-order valence-corrected chi connectivity index (χ3v) is 5.66. The zero-order valence-corrected chi connectivity index (χ0v) is 13.8. The van der Waals surface area contributed by atoms with Crippen molar-refractivity contribution in [1.29, 1.82) is 5.26 Å². The first-order valence-corrected chi connectivity index (χ1v) is 9.15. The van der Waals surface area contributed by atoms with Crippen molar-refractivity contribution in [3.05, 3.63) is 36.2 Å². The Morgan fingerprint density at radius 2 is 2.26 bits per heavy atom. The Hall–Kier alpha value is -1.85. The number of pyridine rings is 1. The van der Waals surface area contributed by atoms with Gasteiger partial charge in [-0.25, -0.2) is 9.71 Å². The molecule has 0 saturated carbocycles. The second-order valence-electron chi connectivity index (χ2n) is 5.76. The van der Waals surface area contributed by atoms with E-state index in [1.54, 1.807) is 10.5 Å². The van der Waals surface area contributed by atoms with Crippen LogP contribution in [0.3, 0.4) is 0 Å². The van der Waals surface area contributed by atoms with Crippen LogP contribution in [0, 0.1) is 17.2 Å².